The van der Waals surface area contributed by atoms with Gasteiger partial charge in [0.2, 0.25) is 0 Å². The molecule has 0 bridgehead atoms. The Balaban J connectivity index is 1.67. The lowest BCUT2D eigenvalue weighted by atomic mass is 9.61. The van der Waals surface area contributed by atoms with Gasteiger partial charge in [0.05, 0.1) is 17.7 Å². The van der Waals surface area contributed by atoms with Gasteiger partial charge in [-0.15, -0.1) is 0 Å². The molecule has 1 N–H and O–H groups in total. The molecule has 2 saturated carbocycles. The summed E-state index contributed by atoms with van der Waals surface area (Å²) >= 11 is 0. The Labute approximate surface area is 146 Å². The van der Waals surface area contributed by atoms with E-state index in [0.717, 1.165) is 19.3 Å². The first-order valence-electron chi connectivity index (χ1n) is 10.2. The van der Waals surface area contributed by atoms with Crippen LogP contribution in [-0.4, -0.2) is 39.3 Å². The molecule has 4 fully saturated rings. The van der Waals surface area contributed by atoms with Crippen LogP contribution < -0.4 is 0 Å². The first-order valence-corrected chi connectivity index (χ1v) is 10.2. The Morgan fingerprint density at radius 1 is 1.00 bits per heavy atom. The summed E-state index contributed by atoms with van der Waals surface area (Å²) in [5, 5.41) is 12.7. The van der Waals surface area contributed by atoms with Crippen LogP contribution in [0.5, 0.6) is 0 Å². The lowest BCUT2D eigenvalue weighted by Gasteiger charge is -2.60. The third kappa shape index (κ3) is 2.00. The highest BCUT2D eigenvalue weighted by Crippen LogP contribution is 2.61. The van der Waals surface area contributed by atoms with Gasteiger partial charge in [-0.1, -0.05) is 33.6 Å². The monoisotopic (exact) mass is 337 g/mol. The SMILES string of the molecule is CCC1(C)CC2(OC3C4CCCCC4C3O2)C(C)C(C)(CC)N1O. The Bertz CT molecular complexity index is 491. The zero-order valence-electron chi connectivity index (χ0n) is 16.0. The molecule has 1 spiro atoms. The second-order valence-electron chi connectivity index (χ2n) is 9.36. The molecule has 2 aliphatic carbocycles. The van der Waals surface area contributed by atoms with Crippen LogP contribution in [-0.2, 0) is 9.47 Å². The molecule has 2 heterocycles. The van der Waals surface area contributed by atoms with Gasteiger partial charge in [0.15, 0.2) is 5.79 Å². The standard InChI is InChI=1S/C20H35NO3/c1-6-18(4)12-20(13(3)19(5,7-2)21(18)22)23-16-14-10-8-9-11-15(14)17(16)24-20/h13-17,22H,6-12H2,1-5H3. The highest BCUT2D eigenvalue weighted by molar-refractivity contribution is 5.14. The smallest absolute Gasteiger partial charge is 0.175 e. The maximum Gasteiger partial charge on any atom is 0.175 e. The van der Waals surface area contributed by atoms with Gasteiger partial charge in [0.25, 0.3) is 0 Å². The van der Waals surface area contributed by atoms with Crippen molar-refractivity contribution in [1.29, 1.82) is 0 Å². The quantitative estimate of drug-likeness (QED) is 0.813. The van der Waals surface area contributed by atoms with Gasteiger partial charge in [0, 0.05) is 17.9 Å². The number of hydrogen-bond donors (Lipinski definition) is 1. The second-order valence-corrected chi connectivity index (χ2v) is 9.36. The van der Waals surface area contributed by atoms with Crippen molar-refractivity contribution in [3.63, 3.8) is 0 Å². The van der Waals surface area contributed by atoms with E-state index in [2.05, 4.69) is 34.6 Å². The van der Waals surface area contributed by atoms with E-state index in [1.165, 1.54) is 25.7 Å². The Kier molecular flexibility index (Phi) is 3.90. The van der Waals surface area contributed by atoms with Crippen molar-refractivity contribution in [1.82, 2.24) is 5.06 Å². The Hall–Kier alpha value is -0.160. The zero-order valence-corrected chi connectivity index (χ0v) is 16.0. The van der Waals surface area contributed by atoms with Gasteiger partial charge in [-0.3, -0.25) is 0 Å². The largest absolute Gasteiger partial charge is 0.343 e. The van der Waals surface area contributed by atoms with Gasteiger partial charge in [-0.25, -0.2) is 0 Å². The summed E-state index contributed by atoms with van der Waals surface area (Å²) < 4.78 is 13.5. The predicted molar refractivity (Wildman–Crippen MR) is 92.7 cm³/mol. The van der Waals surface area contributed by atoms with Crippen LogP contribution in [0.1, 0.15) is 79.6 Å². The second kappa shape index (κ2) is 5.42. The van der Waals surface area contributed by atoms with E-state index in [9.17, 15) is 5.21 Å². The molecule has 2 aliphatic heterocycles. The zero-order chi connectivity index (χ0) is 17.3. The maximum absolute atomic E-state index is 11.0. The van der Waals surface area contributed by atoms with Crippen LogP contribution in [0, 0.1) is 17.8 Å². The number of rotatable bonds is 2. The highest BCUT2D eigenvalue weighted by atomic mass is 16.8. The third-order valence-corrected chi connectivity index (χ3v) is 8.41. The normalized spacial score (nSPS) is 57.5. The van der Waals surface area contributed by atoms with E-state index in [0.29, 0.717) is 24.0 Å². The number of hydroxylamine groups is 2. The topological polar surface area (TPSA) is 41.9 Å². The summed E-state index contributed by atoms with van der Waals surface area (Å²) in [4.78, 5) is 0. The third-order valence-electron chi connectivity index (χ3n) is 8.41. The van der Waals surface area contributed by atoms with Crippen LogP contribution in [0.15, 0.2) is 0 Å². The van der Waals surface area contributed by atoms with Crippen molar-refractivity contribution < 1.29 is 14.7 Å². The predicted octanol–water partition coefficient (Wildman–Crippen LogP) is 4.36. The molecular weight excluding hydrogens is 302 g/mol. The fourth-order valence-electron chi connectivity index (χ4n) is 6.19. The number of ether oxygens (including phenoxy) is 2. The summed E-state index contributed by atoms with van der Waals surface area (Å²) in [6.07, 6.45) is 8.44. The molecule has 24 heavy (non-hydrogen) atoms. The van der Waals surface area contributed by atoms with Gasteiger partial charge in [-0.2, -0.15) is 5.06 Å². The molecule has 138 valence electrons. The number of piperidine rings is 1. The maximum atomic E-state index is 11.0. The van der Waals surface area contributed by atoms with E-state index in [1.54, 1.807) is 5.06 Å². The summed E-state index contributed by atoms with van der Waals surface area (Å²) in [6, 6.07) is 0. The fraction of sp³-hybridized carbons (Fsp3) is 1.00. The van der Waals surface area contributed by atoms with Gasteiger partial charge in [0.1, 0.15) is 0 Å². The molecule has 0 aromatic carbocycles. The molecule has 4 aliphatic rings. The minimum Gasteiger partial charge on any atom is -0.343 e. The summed E-state index contributed by atoms with van der Waals surface area (Å²) in [5.41, 5.74) is -0.621. The summed E-state index contributed by atoms with van der Waals surface area (Å²) in [5.74, 6) is 1.04. The van der Waals surface area contributed by atoms with Crippen LogP contribution >= 0.6 is 0 Å². The van der Waals surface area contributed by atoms with Gasteiger partial charge >= 0.3 is 0 Å². The lowest BCUT2D eigenvalue weighted by Crippen LogP contribution is -2.71. The summed E-state index contributed by atoms with van der Waals surface area (Å²) in [7, 11) is 0. The van der Waals surface area contributed by atoms with Crippen molar-refractivity contribution in [2.75, 3.05) is 0 Å². The molecule has 0 amide bonds. The van der Waals surface area contributed by atoms with E-state index in [1.807, 2.05) is 0 Å². The molecule has 0 radical (unpaired) electrons. The van der Waals surface area contributed by atoms with E-state index in [-0.39, 0.29) is 17.0 Å². The molecule has 0 aromatic heterocycles. The highest BCUT2D eigenvalue weighted by Gasteiger charge is 2.69. The van der Waals surface area contributed by atoms with Crippen molar-refractivity contribution >= 4 is 0 Å². The average molecular weight is 338 g/mol. The van der Waals surface area contributed by atoms with Crippen molar-refractivity contribution in [2.45, 2.75) is 109 Å². The van der Waals surface area contributed by atoms with Crippen LogP contribution in [0.25, 0.3) is 0 Å². The van der Waals surface area contributed by atoms with Crippen molar-refractivity contribution in [3.05, 3.63) is 0 Å². The fourth-order valence-corrected chi connectivity index (χ4v) is 6.19. The Morgan fingerprint density at radius 3 is 2.00 bits per heavy atom. The summed E-state index contributed by atoms with van der Waals surface area (Å²) in [6.45, 7) is 10.9. The molecule has 7 unspecified atom stereocenters. The molecule has 4 rings (SSSR count). The van der Waals surface area contributed by atoms with Crippen molar-refractivity contribution in [3.8, 4) is 0 Å². The average Bonchev–Trinajstić information content (AvgIpc) is 2.92. The number of hydrogen-bond acceptors (Lipinski definition) is 4. The first kappa shape index (κ1) is 17.3. The van der Waals surface area contributed by atoms with Crippen LogP contribution in [0.2, 0.25) is 0 Å². The van der Waals surface area contributed by atoms with E-state index >= 15 is 0 Å². The van der Waals surface area contributed by atoms with Crippen molar-refractivity contribution in [2.24, 2.45) is 17.8 Å². The van der Waals surface area contributed by atoms with E-state index < -0.39 is 5.79 Å². The molecule has 7 atom stereocenters. The van der Waals surface area contributed by atoms with Gasteiger partial charge < -0.3 is 14.7 Å². The minimum absolute atomic E-state index is 0.146. The molecule has 4 nitrogen and oxygen atoms in total. The Morgan fingerprint density at radius 2 is 1.54 bits per heavy atom. The van der Waals surface area contributed by atoms with E-state index in [4.69, 9.17) is 9.47 Å². The molecule has 0 aromatic rings. The molecule has 2 saturated heterocycles. The lowest BCUT2D eigenvalue weighted by molar-refractivity contribution is -0.352. The van der Waals surface area contributed by atoms with Crippen LogP contribution in [0.3, 0.4) is 0 Å². The number of fused-ring (bicyclic) bond motifs is 4. The molecule has 4 heteroatoms. The minimum atomic E-state index is -0.526. The van der Waals surface area contributed by atoms with Gasteiger partial charge in [-0.05, 0) is 51.4 Å². The first-order chi connectivity index (χ1) is 11.3. The van der Waals surface area contributed by atoms with Crippen LogP contribution in [0.4, 0.5) is 0 Å². The number of nitrogens with zero attached hydrogens (tertiary/aromatic N) is 1. The molecular formula is C20H35NO3.